The van der Waals surface area contributed by atoms with E-state index in [2.05, 4.69) is 57.9 Å². The number of aromatic amines is 2. The van der Waals surface area contributed by atoms with E-state index in [1.54, 1.807) is 0 Å². The predicted octanol–water partition coefficient (Wildman–Crippen LogP) is 1.65. The van der Waals surface area contributed by atoms with Gasteiger partial charge in [0.2, 0.25) is 0 Å². The molecule has 0 aromatic carbocycles. The smallest absolute Gasteiger partial charge is 0.178 e. The van der Waals surface area contributed by atoms with Gasteiger partial charge in [0, 0.05) is 75.7 Å². The van der Waals surface area contributed by atoms with Crippen LogP contribution in [-0.2, 0) is 0 Å². The fraction of sp³-hybridized carbons (Fsp3) is 0.412. The Bertz CT molecular complexity index is 558. The van der Waals surface area contributed by atoms with Crippen LogP contribution in [0.15, 0.2) is 36.7 Å². The maximum atomic E-state index is 3.23. The number of hydrogen-bond donors (Lipinski definition) is 0. The van der Waals surface area contributed by atoms with E-state index in [4.69, 9.17) is 0 Å². The largest absolute Gasteiger partial charge is 0.369 e. The van der Waals surface area contributed by atoms with Crippen LogP contribution >= 0.6 is 0 Å². The molecule has 1 aliphatic heterocycles. The highest BCUT2D eigenvalue weighted by Gasteiger charge is 2.17. The van der Waals surface area contributed by atoms with Crippen molar-refractivity contribution in [2.24, 2.45) is 0 Å². The number of anilines is 2. The lowest BCUT2D eigenvalue weighted by atomic mass is 10.3. The average Bonchev–Trinajstić information content (AvgIpc) is 2.73. The van der Waals surface area contributed by atoms with Crippen molar-refractivity contribution in [1.29, 1.82) is 0 Å². The number of rotatable bonds is 2. The quantitative estimate of drug-likeness (QED) is 0.840. The molecule has 1 aliphatic rings. The summed E-state index contributed by atoms with van der Waals surface area (Å²) in [5, 5.41) is 0. The SMILES string of the molecule is Cc1cc(N2CCCN(c3cc[nH+]c(C)c3)CC2)cc[nH+]1. The van der Waals surface area contributed by atoms with Gasteiger partial charge in [-0.15, -0.1) is 0 Å². The van der Waals surface area contributed by atoms with Crippen LogP contribution in [0.25, 0.3) is 0 Å². The molecule has 3 heterocycles. The molecular formula is C17H24N4+2. The summed E-state index contributed by atoms with van der Waals surface area (Å²) in [6.45, 7) is 8.60. The molecule has 0 amide bonds. The Morgan fingerprint density at radius 2 is 1.24 bits per heavy atom. The Morgan fingerprint density at radius 3 is 1.67 bits per heavy atom. The van der Waals surface area contributed by atoms with Crippen LogP contribution in [0.2, 0.25) is 0 Å². The molecule has 2 N–H and O–H groups in total. The minimum Gasteiger partial charge on any atom is -0.369 e. The van der Waals surface area contributed by atoms with E-state index < -0.39 is 0 Å². The summed E-state index contributed by atoms with van der Waals surface area (Å²) >= 11 is 0. The average molecular weight is 284 g/mol. The molecule has 1 saturated heterocycles. The third-order valence-electron chi connectivity index (χ3n) is 4.09. The minimum absolute atomic E-state index is 1.07. The fourth-order valence-corrected chi connectivity index (χ4v) is 2.97. The van der Waals surface area contributed by atoms with Crippen LogP contribution < -0.4 is 19.8 Å². The molecule has 0 saturated carbocycles. The van der Waals surface area contributed by atoms with E-state index in [0.717, 1.165) is 26.2 Å². The molecule has 1 fully saturated rings. The van der Waals surface area contributed by atoms with E-state index >= 15 is 0 Å². The molecule has 110 valence electrons. The van der Waals surface area contributed by atoms with E-state index in [9.17, 15) is 0 Å². The van der Waals surface area contributed by atoms with Crippen molar-refractivity contribution in [3.8, 4) is 0 Å². The van der Waals surface area contributed by atoms with Gasteiger partial charge < -0.3 is 9.80 Å². The maximum absolute atomic E-state index is 3.23. The Hall–Kier alpha value is -2.10. The number of aryl methyl sites for hydroxylation is 2. The van der Waals surface area contributed by atoms with Gasteiger partial charge in [-0.25, -0.2) is 9.97 Å². The van der Waals surface area contributed by atoms with Gasteiger partial charge in [0.25, 0.3) is 0 Å². The Morgan fingerprint density at radius 1 is 0.762 bits per heavy atom. The van der Waals surface area contributed by atoms with E-state index in [1.807, 2.05) is 12.4 Å². The molecule has 0 aliphatic carbocycles. The Kier molecular flexibility index (Phi) is 4.04. The summed E-state index contributed by atoms with van der Waals surface area (Å²) in [5.41, 5.74) is 5.07. The van der Waals surface area contributed by atoms with Crippen LogP contribution in [0.3, 0.4) is 0 Å². The highest BCUT2D eigenvalue weighted by Crippen LogP contribution is 2.19. The fourth-order valence-electron chi connectivity index (χ4n) is 2.97. The second-order valence-corrected chi connectivity index (χ2v) is 5.79. The second kappa shape index (κ2) is 6.12. The van der Waals surface area contributed by atoms with Crippen molar-refractivity contribution in [2.45, 2.75) is 20.3 Å². The number of hydrogen-bond acceptors (Lipinski definition) is 2. The summed E-state index contributed by atoms with van der Waals surface area (Å²) in [4.78, 5) is 11.4. The Balaban J connectivity index is 1.72. The van der Waals surface area contributed by atoms with E-state index in [1.165, 1.54) is 29.2 Å². The van der Waals surface area contributed by atoms with E-state index in [0.29, 0.717) is 0 Å². The van der Waals surface area contributed by atoms with Gasteiger partial charge in [-0.05, 0) is 6.42 Å². The van der Waals surface area contributed by atoms with Crippen LogP contribution in [0, 0.1) is 13.8 Å². The standard InChI is InChI=1S/C17H22N4/c1-14-12-16(4-6-18-14)20-8-3-9-21(11-10-20)17-5-7-19-15(2)13-17/h4-7,12-13H,3,8-11H2,1-2H3/p+2. The first-order valence-corrected chi connectivity index (χ1v) is 7.69. The number of aromatic nitrogens is 2. The van der Waals surface area contributed by atoms with Gasteiger partial charge in [0.15, 0.2) is 23.8 Å². The molecule has 4 nitrogen and oxygen atoms in total. The van der Waals surface area contributed by atoms with Gasteiger partial charge >= 0.3 is 0 Å². The van der Waals surface area contributed by atoms with Gasteiger partial charge in [-0.3, -0.25) is 0 Å². The molecule has 0 spiro atoms. The van der Waals surface area contributed by atoms with Crippen LogP contribution in [0.1, 0.15) is 17.8 Å². The molecule has 2 aromatic rings. The maximum Gasteiger partial charge on any atom is 0.178 e. The van der Waals surface area contributed by atoms with Crippen LogP contribution in [0.5, 0.6) is 0 Å². The topological polar surface area (TPSA) is 34.8 Å². The molecule has 0 bridgehead atoms. The summed E-state index contributed by atoms with van der Waals surface area (Å²) in [7, 11) is 0. The molecule has 0 atom stereocenters. The van der Waals surface area contributed by atoms with Crippen molar-refractivity contribution < 1.29 is 9.97 Å². The highest BCUT2D eigenvalue weighted by molar-refractivity contribution is 5.49. The number of nitrogens with zero attached hydrogens (tertiary/aromatic N) is 2. The van der Waals surface area contributed by atoms with Gasteiger partial charge in [-0.2, -0.15) is 0 Å². The molecule has 0 radical (unpaired) electrons. The van der Waals surface area contributed by atoms with Gasteiger partial charge in [0.05, 0.1) is 0 Å². The zero-order valence-electron chi connectivity index (χ0n) is 12.9. The zero-order valence-corrected chi connectivity index (χ0v) is 12.9. The highest BCUT2D eigenvalue weighted by atomic mass is 15.2. The number of H-pyrrole nitrogens is 2. The van der Waals surface area contributed by atoms with Crippen molar-refractivity contribution in [3.63, 3.8) is 0 Å². The third-order valence-corrected chi connectivity index (χ3v) is 4.09. The number of pyridine rings is 2. The first kappa shape index (κ1) is 13.9. The zero-order chi connectivity index (χ0) is 14.7. The third kappa shape index (κ3) is 3.32. The number of nitrogens with one attached hydrogen (secondary N) is 2. The Labute approximate surface area is 126 Å². The first-order valence-electron chi connectivity index (χ1n) is 7.69. The molecule has 2 aromatic heterocycles. The van der Waals surface area contributed by atoms with Crippen LogP contribution in [-0.4, -0.2) is 26.2 Å². The van der Waals surface area contributed by atoms with Crippen molar-refractivity contribution >= 4 is 11.4 Å². The lowest BCUT2D eigenvalue weighted by Gasteiger charge is -2.24. The lowest BCUT2D eigenvalue weighted by Crippen LogP contribution is -2.31. The van der Waals surface area contributed by atoms with Gasteiger partial charge in [-0.1, -0.05) is 0 Å². The minimum atomic E-state index is 1.07. The van der Waals surface area contributed by atoms with Crippen molar-refractivity contribution in [2.75, 3.05) is 36.0 Å². The lowest BCUT2D eigenvalue weighted by molar-refractivity contribution is -0.387. The molecule has 21 heavy (non-hydrogen) atoms. The normalized spacial score (nSPS) is 15.9. The predicted molar refractivity (Wildman–Crippen MR) is 84.5 cm³/mol. The summed E-state index contributed by atoms with van der Waals surface area (Å²) < 4.78 is 0. The molecule has 3 rings (SSSR count). The first-order chi connectivity index (χ1) is 10.2. The second-order valence-electron chi connectivity index (χ2n) is 5.79. The molecule has 0 unspecified atom stereocenters. The molecule has 4 heteroatoms. The van der Waals surface area contributed by atoms with E-state index in [-0.39, 0.29) is 0 Å². The van der Waals surface area contributed by atoms with Gasteiger partial charge in [0.1, 0.15) is 0 Å². The van der Waals surface area contributed by atoms with Crippen LogP contribution in [0.4, 0.5) is 11.4 Å². The summed E-state index contributed by atoms with van der Waals surface area (Å²) in [6, 6.07) is 8.81. The summed E-state index contributed by atoms with van der Waals surface area (Å²) in [5.74, 6) is 0. The summed E-state index contributed by atoms with van der Waals surface area (Å²) in [6.07, 6.45) is 5.25. The molecular weight excluding hydrogens is 260 g/mol. The monoisotopic (exact) mass is 284 g/mol. The van der Waals surface area contributed by atoms with Crippen molar-refractivity contribution in [1.82, 2.24) is 0 Å². The van der Waals surface area contributed by atoms with Crippen molar-refractivity contribution in [3.05, 3.63) is 48.0 Å².